The number of aliphatic hydroxyl groups is 1. The molecule has 4 aliphatic carbocycles. The molecule has 0 radical (unpaired) electrons. The summed E-state index contributed by atoms with van der Waals surface area (Å²) in [6, 6.07) is 6.55. The molecular formula is C20H25NO4. The topological polar surface area (TPSA) is 75.6 Å². The molecule has 134 valence electrons. The number of nitrogens with one attached hydrogen (secondary N) is 1. The highest BCUT2D eigenvalue weighted by Crippen LogP contribution is 2.55. The average molecular weight is 343 g/mol. The van der Waals surface area contributed by atoms with Gasteiger partial charge in [-0.05, 0) is 74.0 Å². The number of rotatable bonds is 5. The Labute approximate surface area is 147 Å². The number of hydrogen-bond donors (Lipinski definition) is 2. The van der Waals surface area contributed by atoms with Gasteiger partial charge in [-0.1, -0.05) is 12.1 Å². The van der Waals surface area contributed by atoms with Crippen molar-refractivity contribution in [2.24, 2.45) is 17.8 Å². The van der Waals surface area contributed by atoms with Crippen LogP contribution in [0.4, 0.5) is 0 Å². The van der Waals surface area contributed by atoms with E-state index in [1.807, 2.05) is 0 Å². The quantitative estimate of drug-likeness (QED) is 0.805. The summed E-state index contributed by atoms with van der Waals surface area (Å²) in [5, 5.41) is 12.2. The van der Waals surface area contributed by atoms with Crippen molar-refractivity contribution in [3.05, 3.63) is 35.4 Å². The second-order valence-corrected chi connectivity index (χ2v) is 8.18. The molecule has 5 rings (SSSR count). The van der Waals surface area contributed by atoms with Gasteiger partial charge < -0.3 is 15.2 Å². The summed E-state index contributed by atoms with van der Waals surface area (Å²) in [6.07, 6.45) is 7.24. The number of benzene rings is 1. The lowest BCUT2D eigenvalue weighted by Gasteiger charge is -2.56. The predicted molar refractivity (Wildman–Crippen MR) is 91.7 cm³/mol. The van der Waals surface area contributed by atoms with E-state index in [0.717, 1.165) is 42.6 Å². The largest absolute Gasteiger partial charge is 0.452 e. The molecule has 4 aliphatic rings. The van der Waals surface area contributed by atoms with Gasteiger partial charge in [-0.3, -0.25) is 4.79 Å². The van der Waals surface area contributed by atoms with E-state index in [1.54, 1.807) is 24.3 Å². The van der Waals surface area contributed by atoms with E-state index in [-0.39, 0.29) is 24.7 Å². The molecular weight excluding hydrogens is 318 g/mol. The zero-order valence-corrected chi connectivity index (χ0v) is 14.4. The van der Waals surface area contributed by atoms with Gasteiger partial charge in [-0.15, -0.1) is 0 Å². The Hall–Kier alpha value is -1.88. The fourth-order valence-corrected chi connectivity index (χ4v) is 5.56. The van der Waals surface area contributed by atoms with Gasteiger partial charge in [0.05, 0.1) is 12.2 Å². The number of esters is 1. The SMILES string of the molecule is O=C(COC(=O)c1ccc(CO)cc1)NC12CC3CC(CC(C3)C1)C2. The minimum atomic E-state index is -0.509. The summed E-state index contributed by atoms with van der Waals surface area (Å²) in [7, 11) is 0. The van der Waals surface area contributed by atoms with Gasteiger partial charge >= 0.3 is 5.97 Å². The first kappa shape index (κ1) is 16.6. The third-order valence-electron chi connectivity index (χ3n) is 6.15. The molecule has 0 spiro atoms. The minimum absolute atomic E-state index is 0.0545. The molecule has 25 heavy (non-hydrogen) atoms. The third kappa shape index (κ3) is 3.43. The molecule has 4 fully saturated rings. The van der Waals surface area contributed by atoms with E-state index in [1.165, 1.54) is 19.3 Å². The Morgan fingerprint density at radius 1 is 1.04 bits per heavy atom. The molecule has 0 aromatic heterocycles. The van der Waals surface area contributed by atoms with Crippen LogP contribution in [-0.2, 0) is 16.1 Å². The van der Waals surface area contributed by atoms with Gasteiger partial charge in [0.2, 0.25) is 0 Å². The predicted octanol–water partition coefficient (Wildman–Crippen LogP) is 2.42. The molecule has 1 aromatic rings. The normalized spacial score (nSPS) is 32.4. The lowest BCUT2D eigenvalue weighted by molar-refractivity contribution is -0.130. The molecule has 0 heterocycles. The molecule has 4 bridgehead atoms. The maximum absolute atomic E-state index is 12.3. The fourth-order valence-electron chi connectivity index (χ4n) is 5.56. The Balaban J connectivity index is 1.31. The summed E-state index contributed by atoms with van der Waals surface area (Å²) in [5.74, 6) is 1.59. The van der Waals surface area contributed by atoms with Crippen molar-refractivity contribution < 1.29 is 19.4 Å². The maximum Gasteiger partial charge on any atom is 0.338 e. The van der Waals surface area contributed by atoms with Crippen molar-refractivity contribution in [3.8, 4) is 0 Å². The van der Waals surface area contributed by atoms with Gasteiger partial charge in [0.25, 0.3) is 5.91 Å². The standard InChI is InChI=1S/C20H25NO4/c22-11-13-1-3-17(4-2-13)19(24)25-12-18(23)21-20-8-14-5-15(9-20)7-16(6-14)10-20/h1-4,14-16,22H,5-12H2,(H,21,23). The molecule has 0 saturated heterocycles. The number of amides is 1. The van der Waals surface area contributed by atoms with E-state index in [9.17, 15) is 9.59 Å². The Kier molecular flexibility index (Phi) is 4.28. The molecule has 4 saturated carbocycles. The summed E-state index contributed by atoms with van der Waals surface area (Å²) >= 11 is 0. The molecule has 5 heteroatoms. The molecule has 1 amide bonds. The fraction of sp³-hybridized carbons (Fsp3) is 0.600. The lowest BCUT2D eigenvalue weighted by Crippen LogP contribution is -2.60. The van der Waals surface area contributed by atoms with Crippen LogP contribution in [0, 0.1) is 17.8 Å². The zero-order valence-electron chi connectivity index (χ0n) is 14.4. The van der Waals surface area contributed by atoms with Gasteiger partial charge in [0, 0.05) is 5.54 Å². The van der Waals surface area contributed by atoms with Crippen LogP contribution >= 0.6 is 0 Å². The van der Waals surface area contributed by atoms with Crippen molar-refractivity contribution in [2.45, 2.75) is 50.7 Å². The highest BCUT2D eigenvalue weighted by Gasteiger charge is 2.51. The van der Waals surface area contributed by atoms with E-state index in [2.05, 4.69) is 5.32 Å². The minimum Gasteiger partial charge on any atom is -0.452 e. The van der Waals surface area contributed by atoms with Crippen LogP contribution < -0.4 is 5.32 Å². The maximum atomic E-state index is 12.3. The number of carbonyl (C=O) groups is 2. The highest BCUT2D eigenvalue weighted by molar-refractivity contribution is 5.91. The Morgan fingerprint density at radius 3 is 2.12 bits per heavy atom. The molecule has 0 unspecified atom stereocenters. The van der Waals surface area contributed by atoms with E-state index < -0.39 is 5.97 Å². The smallest absolute Gasteiger partial charge is 0.338 e. The third-order valence-corrected chi connectivity index (χ3v) is 6.15. The van der Waals surface area contributed by atoms with Crippen molar-refractivity contribution in [1.29, 1.82) is 0 Å². The van der Waals surface area contributed by atoms with E-state index in [4.69, 9.17) is 9.84 Å². The monoisotopic (exact) mass is 343 g/mol. The molecule has 0 aliphatic heterocycles. The first-order valence-corrected chi connectivity index (χ1v) is 9.23. The zero-order chi connectivity index (χ0) is 17.4. The number of aliphatic hydroxyl groups excluding tert-OH is 1. The first-order chi connectivity index (χ1) is 12.0. The summed E-state index contributed by atoms with van der Waals surface area (Å²) < 4.78 is 5.16. The van der Waals surface area contributed by atoms with Gasteiger partial charge in [0.15, 0.2) is 6.61 Å². The van der Waals surface area contributed by atoms with Gasteiger partial charge in [-0.25, -0.2) is 4.79 Å². The van der Waals surface area contributed by atoms with Crippen LogP contribution in [0.1, 0.15) is 54.4 Å². The van der Waals surface area contributed by atoms with Crippen molar-refractivity contribution >= 4 is 11.9 Å². The average Bonchev–Trinajstić information content (AvgIpc) is 2.58. The van der Waals surface area contributed by atoms with E-state index in [0.29, 0.717) is 5.56 Å². The van der Waals surface area contributed by atoms with Crippen molar-refractivity contribution in [3.63, 3.8) is 0 Å². The van der Waals surface area contributed by atoms with Crippen LogP contribution in [0.3, 0.4) is 0 Å². The van der Waals surface area contributed by atoms with E-state index >= 15 is 0 Å². The lowest BCUT2D eigenvalue weighted by atomic mass is 9.53. The van der Waals surface area contributed by atoms with Crippen molar-refractivity contribution in [1.82, 2.24) is 5.32 Å². The van der Waals surface area contributed by atoms with Crippen LogP contribution in [-0.4, -0.2) is 29.1 Å². The van der Waals surface area contributed by atoms with Crippen LogP contribution in [0.5, 0.6) is 0 Å². The summed E-state index contributed by atoms with van der Waals surface area (Å²) in [5.41, 5.74) is 1.07. The molecule has 5 nitrogen and oxygen atoms in total. The number of carbonyl (C=O) groups excluding carboxylic acids is 2. The van der Waals surface area contributed by atoms with Gasteiger partial charge in [-0.2, -0.15) is 0 Å². The van der Waals surface area contributed by atoms with Crippen LogP contribution in [0.15, 0.2) is 24.3 Å². The van der Waals surface area contributed by atoms with Gasteiger partial charge in [0.1, 0.15) is 0 Å². The molecule has 2 N–H and O–H groups in total. The Morgan fingerprint density at radius 2 is 1.60 bits per heavy atom. The van der Waals surface area contributed by atoms with Crippen molar-refractivity contribution in [2.75, 3.05) is 6.61 Å². The second-order valence-electron chi connectivity index (χ2n) is 8.18. The summed E-state index contributed by atoms with van der Waals surface area (Å²) in [4.78, 5) is 24.4. The Bertz CT molecular complexity index is 631. The number of hydrogen-bond acceptors (Lipinski definition) is 4. The first-order valence-electron chi connectivity index (χ1n) is 9.23. The highest BCUT2D eigenvalue weighted by atomic mass is 16.5. The molecule has 1 aromatic carbocycles. The molecule has 0 atom stereocenters. The van der Waals surface area contributed by atoms with Crippen LogP contribution in [0.25, 0.3) is 0 Å². The second kappa shape index (κ2) is 6.45. The number of ether oxygens (including phenoxy) is 1. The van der Waals surface area contributed by atoms with Crippen LogP contribution in [0.2, 0.25) is 0 Å². The summed E-state index contributed by atoms with van der Waals surface area (Å²) in [6.45, 7) is -0.300.